The summed E-state index contributed by atoms with van der Waals surface area (Å²) in [6.07, 6.45) is -0.771. The van der Waals surface area contributed by atoms with Crippen LogP contribution in [0.1, 0.15) is 50.8 Å². The first-order chi connectivity index (χ1) is 16.8. The zero-order valence-electron chi connectivity index (χ0n) is 21.1. The Labute approximate surface area is 210 Å². The van der Waals surface area contributed by atoms with Gasteiger partial charge in [-0.05, 0) is 66.0 Å². The Balaban J connectivity index is 1.72. The molecular formula is C27H35F2N3O4. The number of rotatable bonds is 8. The fourth-order valence-electron chi connectivity index (χ4n) is 4.74. The molecule has 1 unspecified atom stereocenters. The lowest BCUT2D eigenvalue weighted by Crippen LogP contribution is -2.55. The molecule has 3 rings (SSSR count). The molecule has 1 heterocycles. The largest absolute Gasteiger partial charge is 0.465 e. The fraction of sp³-hybridized carbons (Fsp3) is 0.481. The number of benzene rings is 2. The lowest BCUT2D eigenvalue weighted by molar-refractivity contribution is -0.120. The highest BCUT2D eigenvalue weighted by Gasteiger charge is 2.32. The van der Waals surface area contributed by atoms with Crippen LogP contribution in [0.3, 0.4) is 0 Å². The van der Waals surface area contributed by atoms with Crippen LogP contribution in [-0.2, 0) is 24.1 Å². The number of fused-ring (bicyclic) bond motifs is 1. The third-order valence-electron chi connectivity index (χ3n) is 6.14. The Morgan fingerprint density at radius 2 is 1.78 bits per heavy atom. The SMILES string of the molecule is CC(=O)N[C@@H](Cc1cc(F)cc(F)c1)[C@H](O)CNC1CCc2cc(CC(C)(C)C)ccc2N1C(=O)O. The second-order valence-corrected chi connectivity index (χ2v) is 10.7. The van der Waals surface area contributed by atoms with E-state index in [1.54, 1.807) is 0 Å². The van der Waals surface area contributed by atoms with Gasteiger partial charge in [-0.15, -0.1) is 0 Å². The molecule has 2 aromatic rings. The van der Waals surface area contributed by atoms with Gasteiger partial charge in [0, 0.05) is 19.5 Å². The average Bonchev–Trinajstić information content (AvgIpc) is 2.74. The topological polar surface area (TPSA) is 102 Å². The van der Waals surface area contributed by atoms with Crippen LogP contribution in [0.5, 0.6) is 0 Å². The first-order valence-corrected chi connectivity index (χ1v) is 12.1. The van der Waals surface area contributed by atoms with Gasteiger partial charge in [0.1, 0.15) is 11.6 Å². The van der Waals surface area contributed by atoms with Crippen LogP contribution in [0.2, 0.25) is 0 Å². The number of aryl methyl sites for hydroxylation is 1. The van der Waals surface area contributed by atoms with Crippen LogP contribution in [0.25, 0.3) is 0 Å². The normalized spacial score (nSPS) is 17.3. The second kappa shape index (κ2) is 11.3. The Hall–Kier alpha value is -3.04. The van der Waals surface area contributed by atoms with E-state index in [0.29, 0.717) is 18.5 Å². The number of amides is 2. The Morgan fingerprint density at radius 1 is 1.11 bits per heavy atom. The first-order valence-electron chi connectivity index (χ1n) is 12.1. The molecule has 0 aromatic heterocycles. The molecule has 9 heteroatoms. The molecule has 196 valence electrons. The van der Waals surface area contributed by atoms with Gasteiger partial charge in [-0.3, -0.25) is 15.0 Å². The maximum absolute atomic E-state index is 13.6. The molecule has 1 aliphatic heterocycles. The third-order valence-corrected chi connectivity index (χ3v) is 6.14. The van der Waals surface area contributed by atoms with E-state index in [1.165, 1.54) is 11.8 Å². The van der Waals surface area contributed by atoms with E-state index >= 15 is 0 Å². The summed E-state index contributed by atoms with van der Waals surface area (Å²) in [7, 11) is 0. The maximum Gasteiger partial charge on any atom is 0.413 e. The van der Waals surface area contributed by atoms with E-state index in [2.05, 4.69) is 37.5 Å². The highest BCUT2D eigenvalue weighted by Crippen LogP contribution is 2.32. The van der Waals surface area contributed by atoms with Crippen LogP contribution in [0, 0.1) is 17.0 Å². The van der Waals surface area contributed by atoms with Gasteiger partial charge >= 0.3 is 6.09 Å². The van der Waals surface area contributed by atoms with Crippen molar-refractivity contribution in [2.75, 3.05) is 11.4 Å². The molecule has 2 amide bonds. The molecule has 0 saturated carbocycles. The minimum atomic E-state index is -1.13. The predicted octanol–water partition coefficient (Wildman–Crippen LogP) is 4.01. The quantitative estimate of drug-likeness (QED) is 0.436. The lowest BCUT2D eigenvalue weighted by Gasteiger charge is -2.37. The monoisotopic (exact) mass is 503 g/mol. The average molecular weight is 504 g/mol. The molecular weight excluding hydrogens is 468 g/mol. The van der Waals surface area contributed by atoms with Gasteiger partial charge < -0.3 is 15.5 Å². The lowest BCUT2D eigenvalue weighted by atomic mass is 9.86. The molecule has 0 saturated heterocycles. The van der Waals surface area contributed by atoms with Gasteiger partial charge in [0.15, 0.2) is 0 Å². The molecule has 1 aliphatic rings. The number of aliphatic hydroxyl groups is 1. The summed E-state index contributed by atoms with van der Waals surface area (Å²) >= 11 is 0. The number of nitrogens with zero attached hydrogens (tertiary/aromatic N) is 1. The Morgan fingerprint density at radius 3 is 2.36 bits per heavy atom. The first kappa shape index (κ1) is 27.5. The summed E-state index contributed by atoms with van der Waals surface area (Å²) in [6, 6.07) is 8.06. The Bertz CT molecular complexity index is 1080. The number of carbonyl (C=O) groups excluding carboxylic acids is 1. The summed E-state index contributed by atoms with van der Waals surface area (Å²) < 4.78 is 27.2. The molecule has 3 atom stereocenters. The smallest absolute Gasteiger partial charge is 0.413 e. The van der Waals surface area contributed by atoms with Crippen molar-refractivity contribution in [3.05, 3.63) is 64.7 Å². The highest BCUT2D eigenvalue weighted by atomic mass is 19.1. The fourth-order valence-corrected chi connectivity index (χ4v) is 4.74. The minimum Gasteiger partial charge on any atom is -0.465 e. The number of carbonyl (C=O) groups is 2. The van der Waals surface area contributed by atoms with Crippen LogP contribution in [0.4, 0.5) is 19.3 Å². The maximum atomic E-state index is 13.6. The van der Waals surface area contributed by atoms with Crippen molar-refractivity contribution in [3.8, 4) is 0 Å². The van der Waals surface area contributed by atoms with Crippen molar-refractivity contribution in [1.82, 2.24) is 10.6 Å². The summed E-state index contributed by atoms with van der Waals surface area (Å²) in [5, 5.41) is 26.5. The molecule has 0 spiro atoms. The molecule has 0 aliphatic carbocycles. The molecule has 36 heavy (non-hydrogen) atoms. The van der Waals surface area contributed by atoms with E-state index in [4.69, 9.17) is 0 Å². The van der Waals surface area contributed by atoms with E-state index in [-0.39, 0.29) is 23.9 Å². The standard InChI is InChI=1S/C27H35F2N3O4/c1-16(33)31-22(12-18-10-20(28)13-21(29)11-18)24(34)15-30-25-8-6-19-9-17(14-27(2,3)4)5-7-23(19)32(25)26(35)36/h5,7,9-11,13,22,24-25,30,34H,6,8,12,14-15H2,1-4H3,(H,31,33)(H,35,36)/t22-,24+,25?/m0/s1. The number of nitrogens with one attached hydrogen (secondary N) is 2. The van der Waals surface area contributed by atoms with E-state index in [9.17, 15) is 28.6 Å². The number of carboxylic acid groups (broad SMARTS) is 1. The predicted molar refractivity (Wildman–Crippen MR) is 134 cm³/mol. The summed E-state index contributed by atoms with van der Waals surface area (Å²) in [5.41, 5.74) is 3.11. The molecule has 2 aromatic carbocycles. The number of hydrogen-bond acceptors (Lipinski definition) is 4. The van der Waals surface area contributed by atoms with E-state index in [1.807, 2.05) is 12.1 Å². The van der Waals surface area contributed by atoms with Gasteiger partial charge in [-0.2, -0.15) is 0 Å². The second-order valence-electron chi connectivity index (χ2n) is 10.7. The summed E-state index contributed by atoms with van der Waals surface area (Å²) in [4.78, 5) is 25.1. The van der Waals surface area contributed by atoms with Crippen molar-refractivity contribution < 1.29 is 28.6 Å². The van der Waals surface area contributed by atoms with Gasteiger partial charge in [0.25, 0.3) is 0 Å². The number of anilines is 1. The third kappa shape index (κ3) is 7.48. The number of halogens is 2. The highest BCUT2D eigenvalue weighted by molar-refractivity contribution is 5.88. The minimum absolute atomic E-state index is 0.00378. The molecule has 7 nitrogen and oxygen atoms in total. The van der Waals surface area contributed by atoms with Crippen molar-refractivity contribution in [1.29, 1.82) is 0 Å². The molecule has 0 bridgehead atoms. The summed E-state index contributed by atoms with van der Waals surface area (Å²) in [6.45, 7) is 7.72. The molecule has 4 N–H and O–H groups in total. The zero-order valence-corrected chi connectivity index (χ0v) is 21.1. The molecule has 0 fully saturated rings. The summed E-state index contributed by atoms with van der Waals surface area (Å²) in [5.74, 6) is -1.90. The zero-order chi connectivity index (χ0) is 26.6. The van der Waals surface area contributed by atoms with Crippen molar-refractivity contribution >= 4 is 17.7 Å². The van der Waals surface area contributed by atoms with Crippen LogP contribution < -0.4 is 15.5 Å². The number of aliphatic hydroxyl groups excluding tert-OH is 1. The van der Waals surface area contributed by atoms with Gasteiger partial charge in [0.05, 0.1) is 24.0 Å². The van der Waals surface area contributed by atoms with Crippen LogP contribution >= 0.6 is 0 Å². The van der Waals surface area contributed by atoms with Crippen molar-refractivity contribution in [2.24, 2.45) is 5.41 Å². The van der Waals surface area contributed by atoms with Gasteiger partial charge in [0.2, 0.25) is 5.91 Å². The van der Waals surface area contributed by atoms with Crippen molar-refractivity contribution in [3.63, 3.8) is 0 Å². The number of hydrogen-bond donors (Lipinski definition) is 4. The Kier molecular flexibility index (Phi) is 8.68. The van der Waals surface area contributed by atoms with Crippen LogP contribution in [0.15, 0.2) is 36.4 Å². The van der Waals surface area contributed by atoms with Crippen molar-refractivity contribution in [2.45, 2.75) is 71.7 Å². The molecule has 0 radical (unpaired) electrons. The van der Waals surface area contributed by atoms with Crippen LogP contribution in [-0.4, -0.2) is 47.1 Å². The van der Waals surface area contributed by atoms with E-state index < -0.39 is 41.9 Å². The van der Waals surface area contributed by atoms with Gasteiger partial charge in [-0.1, -0.05) is 32.9 Å². The van der Waals surface area contributed by atoms with E-state index in [0.717, 1.165) is 35.7 Å². The van der Waals surface area contributed by atoms with Gasteiger partial charge in [-0.25, -0.2) is 13.6 Å².